The summed E-state index contributed by atoms with van der Waals surface area (Å²) >= 11 is 0. The number of carbonyl (C=O) groups is 2. The molecule has 0 aromatic carbocycles. The third-order valence-corrected chi connectivity index (χ3v) is 8.96. The molecule has 0 aromatic rings. The van der Waals surface area contributed by atoms with Crippen LogP contribution >= 0.6 is 7.82 Å². The second kappa shape index (κ2) is 35.4. The quantitative estimate of drug-likeness (QED) is 0.0287. The number of phosphoric ester groups is 1. The van der Waals surface area contributed by atoms with Crippen molar-refractivity contribution in [3.8, 4) is 0 Å². The summed E-state index contributed by atoms with van der Waals surface area (Å²) in [5.74, 6) is -0.894. The molecule has 0 saturated carbocycles. The molecule has 0 bridgehead atoms. The van der Waals surface area contributed by atoms with Crippen LogP contribution in [0, 0.1) is 0 Å². The van der Waals surface area contributed by atoms with Gasteiger partial charge in [-0.2, -0.15) is 0 Å². The normalized spacial score (nSPS) is 12.7. The first-order chi connectivity index (χ1) is 23.3. The molecule has 0 unspecified atom stereocenters. The zero-order chi connectivity index (χ0) is 35.4. The van der Waals surface area contributed by atoms with Gasteiger partial charge in [-0.25, -0.2) is 4.57 Å². The minimum atomic E-state index is -4.75. The molecule has 0 rings (SSSR count). The SMILES string of the molecule is CCCCC/C=C/C/C=C/CCCCCCCC(=O)O[C@H](COC(=O)CCCCCCCCCCCCCCCCC)COP(=O)(O)O. The molecule has 0 heterocycles. The van der Waals surface area contributed by atoms with Crippen LogP contribution in [0.4, 0.5) is 0 Å². The molecule has 0 radical (unpaired) electrons. The fourth-order valence-electron chi connectivity index (χ4n) is 5.52. The average Bonchev–Trinajstić information content (AvgIpc) is 3.05. The number of ether oxygens (including phenoxy) is 2. The lowest BCUT2D eigenvalue weighted by atomic mass is 10.0. The zero-order valence-electron chi connectivity index (χ0n) is 30.9. The Morgan fingerprint density at radius 2 is 0.938 bits per heavy atom. The largest absolute Gasteiger partial charge is 0.469 e. The number of hydrogen-bond donors (Lipinski definition) is 2. The van der Waals surface area contributed by atoms with E-state index < -0.39 is 32.5 Å². The van der Waals surface area contributed by atoms with Crippen molar-refractivity contribution in [1.82, 2.24) is 0 Å². The monoisotopic (exact) mass is 701 g/mol. The van der Waals surface area contributed by atoms with Crippen LogP contribution in [0.2, 0.25) is 0 Å². The molecule has 282 valence electrons. The number of carbonyl (C=O) groups excluding carboxylic acids is 2. The molecule has 8 nitrogen and oxygen atoms in total. The number of rotatable bonds is 36. The third-order valence-electron chi connectivity index (χ3n) is 8.47. The molecule has 0 aliphatic carbocycles. The summed E-state index contributed by atoms with van der Waals surface area (Å²) in [7, 11) is -4.75. The van der Waals surface area contributed by atoms with E-state index in [4.69, 9.17) is 19.3 Å². The van der Waals surface area contributed by atoms with E-state index in [0.29, 0.717) is 6.42 Å². The summed E-state index contributed by atoms with van der Waals surface area (Å²) < 4.78 is 26.3. The summed E-state index contributed by atoms with van der Waals surface area (Å²) in [5.41, 5.74) is 0. The molecule has 9 heteroatoms. The molecule has 0 aromatic heterocycles. The van der Waals surface area contributed by atoms with Gasteiger partial charge in [-0.05, 0) is 44.9 Å². The van der Waals surface area contributed by atoms with Gasteiger partial charge < -0.3 is 19.3 Å². The Kier molecular flexibility index (Phi) is 34.3. The molecular formula is C39H73O8P. The van der Waals surface area contributed by atoms with Crippen molar-refractivity contribution in [2.24, 2.45) is 0 Å². The molecule has 2 N–H and O–H groups in total. The van der Waals surface area contributed by atoms with Crippen LogP contribution in [0.5, 0.6) is 0 Å². The first kappa shape index (κ1) is 46.5. The molecule has 0 aliphatic heterocycles. The fraction of sp³-hybridized carbons (Fsp3) is 0.846. The third kappa shape index (κ3) is 37.4. The maximum absolute atomic E-state index is 12.4. The number of allylic oxidation sites excluding steroid dienone is 4. The molecule has 48 heavy (non-hydrogen) atoms. The Morgan fingerprint density at radius 3 is 1.42 bits per heavy atom. The van der Waals surface area contributed by atoms with Gasteiger partial charge in [0, 0.05) is 12.8 Å². The highest BCUT2D eigenvalue weighted by atomic mass is 31.2. The molecule has 1 atom stereocenters. The van der Waals surface area contributed by atoms with Gasteiger partial charge in [0.1, 0.15) is 6.61 Å². The molecule has 0 amide bonds. The summed E-state index contributed by atoms with van der Waals surface area (Å²) in [6, 6.07) is 0. The van der Waals surface area contributed by atoms with E-state index in [9.17, 15) is 14.2 Å². The van der Waals surface area contributed by atoms with Crippen LogP contribution in [0.1, 0.15) is 194 Å². The van der Waals surface area contributed by atoms with Crippen molar-refractivity contribution in [2.75, 3.05) is 13.2 Å². The van der Waals surface area contributed by atoms with E-state index >= 15 is 0 Å². The molecule has 0 fully saturated rings. The van der Waals surface area contributed by atoms with Crippen LogP contribution in [0.15, 0.2) is 24.3 Å². The van der Waals surface area contributed by atoms with Crippen molar-refractivity contribution in [1.29, 1.82) is 0 Å². The van der Waals surface area contributed by atoms with Crippen molar-refractivity contribution < 1.29 is 37.9 Å². The minimum Gasteiger partial charge on any atom is -0.462 e. The maximum Gasteiger partial charge on any atom is 0.469 e. The van der Waals surface area contributed by atoms with E-state index in [0.717, 1.165) is 57.8 Å². The van der Waals surface area contributed by atoms with Crippen LogP contribution < -0.4 is 0 Å². The van der Waals surface area contributed by atoms with Crippen LogP contribution in [-0.4, -0.2) is 41.0 Å². The maximum atomic E-state index is 12.4. The summed E-state index contributed by atoms with van der Waals surface area (Å²) in [5, 5.41) is 0. The second-order valence-electron chi connectivity index (χ2n) is 13.3. The van der Waals surface area contributed by atoms with Gasteiger partial charge in [0.05, 0.1) is 6.61 Å². The zero-order valence-corrected chi connectivity index (χ0v) is 31.8. The summed E-state index contributed by atoms with van der Waals surface area (Å²) in [4.78, 5) is 42.7. The number of unbranched alkanes of at least 4 members (excludes halogenated alkanes) is 22. The van der Waals surface area contributed by atoms with E-state index in [-0.39, 0.29) is 19.4 Å². The highest BCUT2D eigenvalue weighted by molar-refractivity contribution is 7.46. The first-order valence-corrected chi connectivity index (χ1v) is 21.2. The van der Waals surface area contributed by atoms with Gasteiger partial charge >= 0.3 is 19.8 Å². The molecular weight excluding hydrogens is 627 g/mol. The van der Waals surface area contributed by atoms with Crippen LogP contribution in [0.25, 0.3) is 0 Å². The van der Waals surface area contributed by atoms with Gasteiger partial charge in [-0.1, -0.05) is 160 Å². The Labute approximate surface area is 294 Å². The van der Waals surface area contributed by atoms with Gasteiger partial charge in [0.15, 0.2) is 6.10 Å². The van der Waals surface area contributed by atoms with E-state index in [1.165, 1.54) is 103 Å². The van der Waals surface area contributed by atoms with Crippen molar-refractivity contribution in [2.45, 2.75) is 200 Å². The number of hydrogen-bond acceptors (Lipinski definition) is 6. The van der Waals surface area contributed by atoms with Gasteiger partial charge in [-0.3, -0.25) is 14.1 Å². The fourth-order valence-corrected chi connectivity index (χ4v) is 5.88. The molecule has 0 spiro atoms. The van der Waals surface area contributed by atoms with E-state index in [1.54, 1.807) is 0 Å². The lowest BCUT2D eigenvalue weighted by Crippen LogP contribution is -2.29. The van der Waals surface area contributed by atoms with E-state index in [2.05, 4.69) is 42.7 Å². The standard InChI is InChI=1S/C39H73O8P/c1-3-5-7-9-11-13-15-17-19-21-23-25-27-29-31-33-38(40)45-35-37(36-46-48(42,43)44)47-39(41)34-32-30-28-26-24-22-20-18-16-14-12-10-8-6-4-2/h12,14,18,20,37H,3-11,13,15-17,19,21-36H2,1-2H3,(H2,42,43,44)/b14-12+,20-18+/t37-/m1/s1. The first-order valence-electron chi connectivity index (χ1n) is 19.6. The lowest BCUT2D eigenvalue weighted by Gasteiger charge is -2.18. The Bertz CT molecular complexity index is 838. The number of esters is 2. The summed E-state index contributed by atoms with van der Waals surface area (Å²) in [6.45, 7) is 3.65. The van der Waals surface area contributed by atoms with Crippen molar-refractivity contribution in [3.05, 3.63) is 24.3 Å². The van der Waals surface area contributed by atoms with E-state index in [1.807, 2.05) is 0 Å². The topological polar surface area (TPSA) is 119 Å². The highest BCUT2D eigenvalue weighted by Gasteiger charge is 2.22. The van der Waals surface area contributed by atoms with Crippen LogP contribution in [0.3, 0.4) is 0 Å². The minimum absolute atomic E-state index is 0.198. The lowest BCUT2D eigenvalue weighted by molar-refractivity contribution is -0.161. The Morgan fingerprint density at radius 1 is 0.542 bits per heavy atom. The predicted molar refractivity (Wildman–Crippen MR) is 198 cm³/mol. The Hall–Kier alpha value is -1.47. The van der Waals surface area contributed by atoms with Gasteiger partial charge in [-0.15, -0.1) is 0 Å². The number of phosphoric acid groups is 1. The average molecular weight is 701 g/mol. The van der Waals surface area contributed by atoms with Gasteiger partial charge in [0.2, 0.25) is 0 Å². The second-order valence-corrected chi connectivity index (χ2v) is 14.5. The van der Waals surface area contributed by atoms with Crippen LogP contribution in [-0.2, 0) is 28.2 Å². The molecule has 0 aliphatic rings. The summed E-state index contributed by atoms with van der Waals surface area (Å²) in [6.07, 6.45) is 38.9. The molecule has 0 saturated heterocycles. The predicted octanol–water partition coefficient (Wildman–Crippen LogP) is 11.6. The van der Waals surface area contributed by atoms with Gasteiger partial charge in [0.25, 0.3) is 0 Å². The highest BCUT2D eigenvalue weighted by Crippen LogP contribution is 2.36. The smallest absolute Gasteiger partial charge is 0.462 e. The Balaban J connectivity index is 3.95. The van der Waals surface area contributed by atoms with Crippen molar-refractivity contribution >= 4 is 19.8 Å². The van der Waals surface area contributed by atoms with Crippen molar-refractivity contribution in [3.63, 3.8) is 0 Å².